The molecule has 2 aromatic rings. The van der Waals surface area contributed by atoms with Crippen molar-refractivity contribution < 1.29 is 9.53 Å². The van der Waals surface area contributed by atoms with Gasteiger partial charge in [-0.15, -0.1) is 0 Å². The molecule has 1 aliphatic rings. The molecule has 1 atom stereocenters. The van der Waals surface area contributed by atoms with Crippen molar-refractivity contribution in [3.63, 3.8) is 0 Å². The summed E-state index contributed by atoms with van der Waals surface area (Å²) in [5.74, 6) is 0.482. The van der Waals surface area contributed by atoms with Gasteiger partial charge in [-0.3, -0.25) is 9.59 Å². The third-order valence-corrected chi connectivity index (χ3v) is 4.29. The van der Waals surface area contributed by atoms with Crippen LogP contribution in [0.4, 0.5) is 0 Å². The number of pyridine rings is 1. The molecule has 1 unspecified atom stereocenters. The first kappa shape index (κ1) is 16.3. The number of hydrogen-bond acceptors (Lipinski definition) is 4. The minimum Gasteiger partial charge on any atom is -0.496 e. The van der Waals surface area contributed by atoms with Crippen LogP contribution in [0, 0.1) is 6.92 Å². The summed E-state index contributed by atoms with van der Waals surface area (Å²) in [6, 6.07) is 8.93. The predicted molar refractivity (Wildman–Crippen MR) is 91.4 cm³/mol. The summed E-state index contributed by atoms with van der Waals surface area (Å²) in [5.41, 5.74) is 1.58. The molecule has 1 fully saturated rings. The number of carbonyl (C=O) groups excluding carboxylic acids is 1. The first-order valence-corrected chi connectivity index (χ1v) is 7.95. The number of nitrogens with zero attached hydrogens (tertiary/aromatic N) is 1. The summed E-state index contributed by atoms with van der Waals surface area (Å²) < 4.78 is 5.44. The summed E-state index contributed by atoms with van der Waals surface area (Å²) in [4.78, 5) is 29.8. The van der Waals surface area contributed by atoms with Gasteiger partial charge in [0.05, 0.1) is 13.2 Å². The zero-order valence-corrected chi connectivity index (χ0v) is 13.8. The molecule has 2 N–H and O–H groups in total. The molecule has 0 bridgehead atoms. The normalized spacial score (nSPS) is 17.6. The number of aromatic amines is 1. The lowest BCUT2D eigenvalue weighted by Gasteiger charge is -2.37. The second kappa shape index (κ2) is 6.88. The van der Waals surface area contributed by atoms with E-state index in [-0.39, 0.29) is 22.9 Å². The molecule has 1 aliphatic heterocycles. The number of hydrogen-bond donors (Lipinski definition) is 2. The fourth-order valence-corrected chi connectivity index (χ4v) is 3.06. The number of methoxy groups -OCH3 is 1. The molecule has 24 heavy (non-hydrogen) atoms. The Morgan fingerprint density at radius 2 is 2.12 bits per heavy atom. The van der Waals surface area contributed by atoms with E-state index in [1.165, 1.54) is 12.3 Å². The third kappa shape index (κ3) is 3.05. The summed E-state index contributed by atoms with van der Waals surface area (Å²) in [6.07, 6.45) is 1.50. The van der Waals surface area contributed by atoms with Crippen LogP contribution in [0.2, 0.25) is 0 Å². The van der Waals surface area contributed by atoms with Crippen LogP contribution in [0.15, 0.2) is 41.3 Å². The summed E-state index contributed by atoms with van der Waals surface area (Å²) in [5, 5.41) is 3.31. The van der Waals surface area contributed by atoms with Gasteiger partial charge in [-0.2, -0.15) is 0 Å². The maximum absolute atomic E-state index is 13.0. The van der Waals surface area contributed by atoms with Gasteiger partial charge in [-0.05, 0) is 13.0 Å². The number of benzene rings is 1. The number of carbonyl (C=O) groups is 1. The van der Waals surface area contributed by atoms with Crippen LogP contribution in [0.25, 0.3) is 0 Å². The van der Waals surface area contributed by atoms with Crippen LogP contribution in [-0.4, -0.2) is 42.5 Å². The number of nitrogens with one attached hydrogen (secondary N) is 2. The molecule has 6 heteroatoms. The number of aromatic nitrogens is 1. The van der Waals surface area contributed by atoms with Crippen molar-refractivity contribution in [2.45, 2.75) is 13.0 Å². The monoisotopic (exact) mass is 327 g/mol. The summed E-state index contributed by atoms with van der Waals surface area (Å²) in [7, 11) is 1.62. The highest BCUT2D eigenvalue weighted by molar-refractivity contribution is 5.94. The Bertz CT molecular complexity index is 800. The van der Waals surface area contributed by atoms with E-state index in [0.717, 1.165) is 17.0 Å². The lowest BCUT2D eigenvalue weighted by Crippen LogP contribution is -2.49. The molecule has 126 valence electrons. The van der Waals surface area contributed by atoms with Gasteiger partial charge in [0.2, 0.25) is 0 Å². The number of H-pyrrole nitrogens is 1. The molecule has 1 amide bonds. The van der Waals surface area contributed by atoms with Crippen molar-refractivity contribution in [2.24, 2.45) is 0 Å². The van der Waals surface area contributed by atoms with Crippen molar-refractivity contribution >= 4 is 5.91 Å². The Kier molecular flexibility index (Phi) is 4.66. The van der Waals surface area contributed by atoms with Crippen LogP contribution < -0.4 is 15.5 Å². The maximum atomic E-state index is 13.0. The van der Waals surface area contributed by atoms with E-state index in [1.807, 2.05) is 24.3 Å². The van der Waals surface area contributed by atoms with Crippen molar-refractivity contribution in [3.05, 3.63) is 63.6 Å². The van der Waals surface area contributed by atoms with Gasteiger partial charge >= 0.3 is 0 Å². The molecule has 1 aromatic heterocycles. The number of rotatable bonds is 3. The molecule has 6 nitrogen and oxygen atoms in total. The van der Waals surface area contributed by atoms with Crippen LogP contribution >= 0.6 is 0 Å². The van der Waals surface area contributed by atoms with Crippen LogP contribution in [0.5, 0.6) is 5.75 Å². The zero-order chi connectivity index (χ0) is 17.1. The first-order valence-electron chi connectivity index (χ1n) is 7.95. The molecule has 1 aromatic carbocycles. The fraction of sp³-hybridized carbons (Fsp3) is 0.333. The Morgan fingerprint density at radius 3 is 2.88 bits per heavy atom. The SMILES string of the molecule is COc1ccccc1C1CNCCN1C(=O)c1c[nH]c(C)cc1=O. The van der Waals surface area contributed by atoms with Gasteiger partial charge in [0.15, 0.2) is 5.43 Å². The van der Waals surface area contributed by atoms with Crippen molar-refractivity contribution in [3.8, 4) is 5.75 Å². The standard InChI is InChI=1S/C18H21N3O3/c1-12-9-16(22)14(10-20-12)18(23)21-8-7-19-11-15(21)13-5-3-4-6-17(13)24-2/h3-6,9-10,15,19H,7-8,11H2,1-2H3,(H,20,22). The van der Waals surface area contributed by atoms with Crippen LogP contribution in [0.1, 0.15) is 27.7 Å². The second-order valence-corrected chi connectivity index (χ2v) is 5.85. The lowest BCUT2D eigenvalue weighted by molar-refractivity contribution is 0.0630. The number of amides is 1. The van der Waals surface area contributed by atoms with E-state index in [4.69, 9.17) is 4.74 Å². The van der Waals surface area contributed by atoms with E-state index in [0.29, 0.717) is 19.6 Å². The largest absolute Gasteiger partial charge is 0.496 e. The van der Waals surface area contributed by atoms with E-state index in [9.17, 15) is 9.59 Å². The smallest absolute Gasteiger partial charge is 0.259 e. The van der Waals surface area contributed by atoms with Crippen LogP contribution in [0.3, 0.4) is 0 Å². The Labute approximate surface area is 140 Å². The Morgan fingerprint density at radius 1 is 1.33 bits per heavy atom. The molecular weight excluding hydrogens is 306 g/mol. The maximum Gasteiger partial charge on any atom is 0.259 e. The van der Waals surface area contributed by atoms with Gasteiger partial charge in [0.25, 0.3) is 5.91 Å². The van der Waals surface area contributed by atoms with E-state index in [1.54, 1.807) is 18.9 Å². The van der Waals surface area contributed by atoms with Crippen molar-refractivity contribution in [1.29, 1.82) is 0 Å². The van der Waals surface area contributed by atoms with Gasteiger partial charge < -0.3 is 19.9 Å². The van der Waals surface area contributed by atoms with Crippen molar-refractivity contribution in [2.75, 3.05) is 26.7 Å². The summed E-state index contributed by atoms with van der Waals surface area (Å²) in [6.45, 7) is 3.64. The highest BCUT2D eigenvalue weighted by atomic mass is 16.5. The molecule has 0 radical (unpaired) electrons. The Hall–Kier alpha value is -2.60. The highest BCUT2D eigenvalue weighted by Gasteiger charge is 2.31. The molecule has 1 saturated heterocycles. The van der Waals surface area contributed by atoms with Crippen LogP contribution in [-0.2, 0) is 0 Å². The third-order valence-electron chi connectivity index (χ3n) is 4.29. The first-order chi connectivity index (χ1) is 11.6. The minimum absolute atomic E-state index is 0.169. The zero-order valence-electron chi connectivity index (χ0n) is 13.8. The fourth-order valence-electron chi connectivity index (χ4n) is 3.06. The van der Waals surface area contributed by atoms with Gasteiger partial charge in [-0.1, -0.05) is 18.2 Å². The van der Waals surface area contributed by atoms with Gasteiger partial charge in [-0.25, -0.2) is 0 Å². The van der Waals surface area contributed by atoms with Crippen molar-refractivity contribution in [1.82, 2.24) is 15.2 Å². The predicted octanol–water partition coefficient (Wildman–Crippen LogP) is 1.48. The number of ether oxygens (including phenoxy) is 1. The second-order valence-electron chi connectivity index (χ2n) is 5.85. The van der Waals surface area contributed by atoms with Gasteiger partial charge in [0, 0.05) is 43.2 Å². The lowest BCUT2D eigenvalue weighted by atomic mass is 10.0. The van der Waals surface area contributed by atoms with Gasteiger partial charge in [0.1, 0.15) is 11.3 Å². The average molecular weight is 327 g/mol. The molecule has 2 heterocycles. The number of para-hydroxylation sites is 1. The molecule has 0 aliphatic carbocycles. The minimum atomic E-state index is -0.256. The molecule has 0 spiro atoms. The topological polar surface area (TPSA) is 74.4 Å². The molecule has 0 saturated carbocycles. The Balaban J connectivity index is 1.98. The van der Waals surface area contributed by atoms with E-state index >= 15 is 0 Å². The molecular formula is C18H21N3O3. The number of piperazine rings is 1. The molecule has 3 rings (SSSR count). The van der Waals surface area contributed by atoms with E-state index in [2.05, 4.69) is 10.3 Å². The highest BCUT2D eigenvalue weighted by Crippen LogP contribution is 2.30. The van der Waals surface area contributed by atoms with E-state index < -0.39 is 0 Å². The summed E-state index contributed by atoms with van der Waals surface area (Å²) >= 11 is 0. The number of aryl methyl sites for hydroxylation is 1. The average Bonchev–Trinajstić information content (AvgIpc) is 2.61. The quantitative estimate of drug-likeness (QED) is 0.895.